The van der Waals surface area contributed by atoms with Crippen molar-refractivity contribution < 1.29 is 0 Å². The average Bonchev–Trinajstić information content (AvgIpc) is 2.35. The van der Waals surface area contributed by atoms with Crippen molar-refractivity contribution in [2.45, 2.75) is 5.88 Å². The first-order valence-electron chi connectivity index (χ1n) is 4.86. The summed E-state index contributed by atoms with van der Waals surface area (Å²) in [5.41, 5.74) is 1.55. The molecule has 1 aromatic carbocycles. The fraction of sp³-hybridized carbons (Fsp3) is 0.0909. The lowest BCUT2D eigenvalue weighted by molar-refractivity contribution is 1.10. The molecule has 0 amide bonds. The van der Waals surface area contributed by atoms with E-state index in [2.05, 4.69) is 31.2 Å². The fourth-order valence-corrected chi connectivity index (χ4v) is 1.91. The Morgan fingerprint density at radius 2 is 2.18 bits per heavy atom. The van der Waals surface area contributed by atoms with Gasteiger partial charge in [0.15, 0.2) is 5.82 Å². The van der Waals surface area contributed by atoms with Gasteiger partial charge in [-0.2, -0.15) is 0 Å². The first-order valence-corrected chi connectivity index (χ1v) is 6.19. The van der Waals surface area contributed by atoms with E-state index < -0.39 is 0 Å². The van der Waals surface area contributed by atoms with Crippen molar-refractivity contribution in [2.24, 2.45) is 0 Å². The third-order valence-electron chi connectivity index (χ3n) is 2.21. The van der Waals surface area contributed by atoms with Gasteiger partial charge in [-0.05, 0) is 27.6 Å². The average molecular weight is 315 g/mol. The summed E-state index contributed by atoms with van der Waals surface area (Å²) in [7, 11) is 0. The molecule has 6 heteroatoms. The van der Waals surface area contributed by atoms with Crippen LogP contribution in [0, 0.1) is 0 Å². The molecule has 88 valence electrons. The number of alkyl halides is 1. The van der Waals surface area contributed by atoms with Gasteiger partial charge in [-0.15, -0.1) is 11.6 Å². The van der Waals surface area contributed by atoms with E-state index in [0.717, 1.165) is 11.3 Å². The Bertz CT molecular complexity index is 585. The second-order valence-electron chi connectivity index (χ2n) is 3.31. The van der Waals surface area contributed by atoms with Crippen LogP contribution in [0.25, 0.3) is 0 Å². The van der Waals surface area contributed by atoms with Crippen LogP contribution in [-0.4, -0.2) is 9.97 Å². The van der Waals surface area contributed by atoms with Crippen molar-refractivity contribution in [3.63, 3.8) is 0 Å². The Labute approximate surface area is 111 Å². The van der Waals surface area contributed by atoms with Crippen LogP contribution in [0.1, 0.15) is 5.56 Å². The second-order valence-corrected chi connectivity index (χ2v) is 4.37. The Morgan fingerprint density at radius 1 is 1.41 bits per heavy atom. The number of anilines is 2. The van der Waals surface area contributed by atoms with E-state index in [-0.39, 0.29) is 5.56 Å². The number of aromatic amines is 1. The number of halogens is 2. The number of aromatic nitrogens is 2. The molecule has 0 atom stereocenters. The van der Waals surface area contributed by atoms with E-state index in [9.17, 15) is 4.79 Å². The molecule has 0 aliphatic rings. The monoisotopic (exact) mass is 313 g/mol. The van der Waals surface area contributed by atoms with E-state index >= 15 is 0 Å². The van der Waals surface area contributed by atoms with Crippen LogP contribution < -0.4 is 10.9 Å². The number of para-hydroxylation sites is 1. The third-order valence-corrected chi connectivity index (χ3v) is 3.23. The Balaban J connectivity index is 2.38. The largest absolute Gasteiger partial charge is 0.339 e. The quantitative estimate of drug-likeness (QED) is 0.856. The summed E-state index contributed by atoms with van der Waals surface area (Å²) in [6.45, 7) is 0. The molecule has 2 N–H and O–H groups in total. The lowest BCUT2D eigenvalue weighted by Gasteiger charge is -2.09. The van der Waals surface area contributed by atoms with E-state index in [1.54, 1.807) is 0 Å². The summed E-state index contributed by atoms with van der Waals surface area (Å²) in [6.07, 6.45) is 1.35. The van der Waals surface area contributed by atoms with Crippen LogP contribution in [0.15, 0.2) is 39.9 Å². The predicted octanol–water partition coefficient (Wildman–Crippen LogP) is 3.01. The van der Waals surface area contributed by atoms with Crippen LogP contribution in [0.2, 0.25) is 0 Å². The first-order chi connectivity index (χ1) is 8.22. The molecular formula is C11H9BrClN3O. The minimum absolute atomic E-state index is 0.231. The molecule has 0 unspecified atom stereocenters. The summed E-state index contributed by atoms with van der Waals surface area (Å²) in [5.74, 6) is 0.857. The molecule has 0 aliphatic carbocycles. The molecule has 1 heterocycles. The van der Waals surface area contributed by atoms with Crippen molar-refractivity contribution in [2.75, 3.05) is 5.32 Å². The van der Waals surface area contributed by atoms with Gasteiger partial charge in [-0.1, -0.05) is 18.2 Å². The van der Waals surface area contributed by atoms with Gasteiger partial charge in [-0.25, -0.2) is 4.98 Å². The molecule has 0 aliphatic heterocycles. The van der Waals surface area contributed by atoms with Crippen molar-refractivity contribution in [3.05, 3.63) is 51.0 Å². The van der Waals surface area contributed by atoms with Gasteiger partial charge in [0.1, 0.15) is 4.47 Å². The highest BCUT2D eigenvalue weighted by atomic mass is 79.9. The number of nitrogens with zero attached hydrogens (tertiary/aromatic N) is 1. The van der Waals surface area contributed by atoms with Gasteiger partial charge in [0.05, 0.1) is 6.33 Å². The molecule has 0 saturated heterocycles. The Hall–Kier alpha value is -1.33. The van der Waals surface area contributed by atoms with Crippen LogP contribution in [0.3, 0.4) is 0 Å². The molecule has 0 saturated carbocycles. The highest BCUT2D eigenvalue weighted by molar-refractivity contribution is 9.10. The minimum Gasteiger partial charge on any atom is -0.339 e. The number of hydrogen-bond donors (Lipinski definition) is 2. The lowest BCUT2D eigenvalue weighted by atomic mass is 10.2. The highest BCUT2D eigenvalue weighted by Crippen LogP contribution is 2.23. The number of benzene rings is 1. The van der Waals surface area contributed by atoms with E-state index in [4.69, 9.17) is 11.6 Å². The van der Waals surface area contributed by atoms with E-state index in [0.29, 0.717) is 16.2 Å². The SMILES string of the molecule is O=c1[nH]cnc(Nc2ccccc2CCl)c1Br. The predicted molar refractivity (Wildman–Crippen MR) is 71.8 cm³/mol. The zero-order valence-corrected chi connectivity index (χ0v) is 11.0. The molecular weight excluding hydrogens is 305 g/mol. The molecule has 1 aromatic heterocycles. The fourth-order valence-electron chi connectivity index (χ4n) is 1.36. The molecule has 17 heavy (non-hydrogen) atoms. The van der Waals surface area contributed by atoms with E-state index in [1.165, 1.54) is 6.33 Å². The van der Waals surface area contributed by atoms with Gasteiger partial charge in [-0.3, -0.25) is 4.79 Å². The van der Waals surface area contributed by atoms with Crippen LogP contribution >= 0.6 is 27.5 Å². The van der Waals surface area contributed by atoms with Crippen LogP contribution in [0.5, 0.6) is 0 Å². The lowest BCUT2D eigenvalue weighted by Crippen LogP contribution is -2.10. The van der Waals surface area contributed by atoms with Gasteiger partial charge >= 0.3 is 0 Å². The summed E-state index contributed by atoms with van der Waals surface area (Å²) in [4.78, 5) is 17.9. The molecule has 0 radical (unpaired) electrons. The van der Waals surface area contributed by atoms with Gasteiger partial charge in [0.2, 0.25) is 0 Å². The Kier molecular flexibility index (Phi) is 3.81. The standard InChI is InChI=1S/C11H9BrClN3O/c12-9-10(14-6-15-11(9)17)16-8-4-2-1-3-7(8)5-13/h1-4,6H,5H2,(H2,14,15,16,17). The van der Waals surface area contributed by atoms with Crippen molar-refractivity contribution >= 4 is 39.0 Å². The van der Waals surface area contributed by atoms with Gasteiger partial charge in [0.25, 0.3) is 5.56 Å². The molecule has 2 rings (SSSR count). The molecule has 4 nitrogen and oxygen atoms in total. The van der Waals surface area contributed by atoms with Gasteiger partial charge in [0, 0.05) is 11.6 Å². The van der Waals surface area contributed by atoms with Gasteiger partial charge < -0.3 is 10.3 Å². The van der Waals surface area contributed by atoms with Crippen LogP contribution in [-0.2, 0) is 5.88 Å². The number of nitrogens with one attached hydrogen (secondary N) is 2. The van der Waals surface area contributed by atoms with Crippen LogP contribution in [0.4, 0.5) is 11.5 Å². The normalized spacial score (nSPS) is 10.2. The molecule has 0 bridgehead atoms. The second kappa shape index (κ2) is 5.33. The zero-order valence-electron chi connectivity index (χ0n) is 8.71. The maximum absolute atomic E-state index is 11.4. The molecule has 0 fully saturated rings. The summed E-state index contributed by atoms with van der Waals surface area (Å²) in [6, 6.07) is 7.59. The molecule has 2 aromatic rings. The number of H-pyrrole nitrogens is 1. The Morgan fingerprint density at radius 3 is 2.94 bits per heavy atom. The van der Waals surface area contributed by atoms with Crippen molar-refractivity contribution in [1.29, 1.82) is 0 Å². The minimum atomic E-state index is -0.231. The maximum atomic E-state index is 11.4. The summed E-state index contributed by atoms with van der Waals surface area (Å²) >= 11 is 9.01. The zero-order chi connectivity index (χ0) is 12.3. The maximum Gasteiger partial charge on any atom is 0.267 e. The summed E-state index contributed by atoms with van der Waals surface area (Å²) < 4.78 is 0.365. The van der Waals surface area contributed by atoms with Crippen molar-refractivity contribution in [3.8, 4) is 0 Å². The van der Waals surface area contributed by atoms with E-state index in [1.807, 2.05) is 24.3 Å². The first kappa shape index (κ1) is 12.1. The highest BCUT2D eigenvalue weighted by Gasteiger charge is 2.07. The molecule has 0 spiro atoms. The summed E-state index contributed by atoms with van der Waals surface area (Å²) in [5, 5.41) is 3.07. The smallest absolute Gasteiger partial charge is 0.267 e. The van der Waals surface area contributed by atoms with Crippen molar-refractivity contribution in [1.82, 2.24) is 9.97 Å². The number of hydrogen-bond acceptors (Lipinski definition) is 3. The topological polar surface area (TPSA) is 57.8 Å². The third kappa shape index (κ3) is 2.68. The number of rotatable bonds is 3.